The first-order valence-corrected chi connectivity index (χ1v) is 9.36. The number of piperazine rings is 1. The highest BCUT2D eigenvalue weighted by atomic mass is 32.2. The molecule has 2 heterocycles. The molecule has 0 radical (unpaired) electrons. The minimum atomic E-state index is -3.05. The monoisotopic (exact) mass is 324 g/mol. The van der Waals surface area contributed by atoms with Crippen molar-refractivity contribution in [3.8, 4) is 0 Å². The predicted molar refractivity (Wildman–Crippen MR) is 86.5 cm³/mol. The molecular weight excluding hydrogens is 300 g/mol. The summed E-state index contributed by atoms with van der Waals surface area (Å²) in [5.41, 5.74) is -0.0901. The van der Waals surface area contributed by atoms with E-state index in [1.54, 1.807) is 10.5 Å². The third-order valence-electron chi connectivity index (χ3n) is 4.18. The molecule has 0 amide bonds. The molecule has 0 N–H and O–H groups in total. The van der Waals surface area contributed by atoms with E-state index in [0.29, 0.717) is 26.2 Å². The quantitative estimate of drug-likeness (QED) is 0.840. The van der Waals surface area contributed by atoms with Crippen LogP contribution in [-0.2, 0) is 15.4 Å². The van der Waals surface area contributed by atoms with Crippen molar-refractivity contribution < 1.29 is 8.42 Å². The Balaban J connectivity index is 1.69. The maximum absolute atomic E-state index is 12.3. The Morgan fingerprint density at radius 3 is 2.32 bits per heavy atom. The van der Waals surface area contributed by atoms with Crippen LogP contribution in [-0.4, -0.2) is 54.1 Å². The Bertz CT molecular complexity index is 642. The second-order valence-corrected chi connectivity index (χ2v) is 9.33. The van der Waals surface area contributed by atoms with Gasteiger partial charge in [-0.1, -0.05) is 20.8 Å². The number of nitrogens with zero attached hydrogens (tertiary/aromatic N) is 4. The Kier molecular flexibility index (Phi) is 3.89. The van der Waals surface area contributed by atoms with E-state index in [2.05, 4.69) is 35.6 Å². The summed E-state index contributed by atoms with van der Waals surface area (Å²) in [7, 11) is -3.05. The van der Waals surface area contributed by atoms with Gasteiger partial charge in [-0.25, -0.2) is 18.4 Å². The maximum atomic E-state index is 12.3. The van der Waals surface area contributed by atoms with Crippen molar-refractivity contribution in [2.24, 2.45) is 0 Å². The minimum Gasteiger partial charge on any atom is -0.354 e. The van der Waals surface area contributed by atoms with E-state index in [0.717, 1.165) is 24.5 Å². The summed E-state index contributed by atoms with van der Waals surface area (Å²) < 4.78 is 26.2. The number of aromatic nitrogens is 2. The van der Waals surface area contributed by atoms with Gasteiger partial charge in [0.1, 0.15) is 11.6 Å². The second kappa shape index (κ2) is 5.45. The molecule has 0 unspecified atom stereocenters. The van der Waals surface area contributed by atoms with Crippen molar-refractivity contribution in [1.82, 2.24) is 14.3 Å². The number of hydrogen-bond acceptors (Lipinski definition) is 5. The van der Waals surface area contributed by atoms with Crippen LogP contribution < -0.4 is 4.90 Å². The third-order valence-corrected chi connectivity index (χ3v) is 6.58. The van der Waals surface area contributed by atoms with Gasteiger partial charge in [0.05, 0.1) is 5.25 Å². The molecule has 122 valence electrons. The molecule has 3 rings (SSSR count). The lowest BCUT2D eigenvalue weighted by Crippen LogP contribution is -2.49. The largest absolute Gasteiger partial charge is 0.354 e. The highest BCUT2D eigenvalue weighted by molar-refractivity contribution is 7.90. The van der Waals surface area contributed by atoms with Crippen LogP contribution in [0.1, 0.15) is 39.4 Å². The first-order chi connectivity index (χ1) is 10.3. The zero-order chi connectivity index (χ0) is 16.0. The average molecular weight is 324 g/mol. The van der Waals surface area contributed by atoms with Crippen LogP contribution in [0.3, 0.4) is 0 Å². The molecule has 0 atom stereocenters. The van der Waals surface area contributed by atoms with Crippen LogP contribution in [0.2, 0.25) is 0 Å². The number of anilines is 1. The van der Waals surface area contributed by atoms with E-state index >= 15 is 0 Å². The van der Waals surface area contributed by atoms with Crippen molar-refractivity contribution in [3.63, 3.8) is 0 Å². The molecule has 1 saturated heterocycles. The Labute approximate surface area is 132 Å². The number of sulfonamides is 1. The second-order valence-electron chi connectivity index (χ2n) is 7.12. The molecule has 1 aliphatic heterocycles. The summed E-state index contributed by atoms with van der Waals surface area (Å²) in [4.78, 5) is 11.1. The first kappa shape index (κ1) is 15.7. The minimum absolute atomic E-state index is 0.0901. The molecule has 0 bridgehead atoms. The highest BCUT2D eigenvalue weighted by Crippen LogP contribution is 2.31. The fraction of sp³-hybridized carbons (Fsp3) is 0.733. The van der Waals surface area contributed by atoms with E-state index in [9.17, 15) is 8.42 Å². The average Bonchev–Trinajstić information content (AvgIpc) is 3.32. The molecule has 2 aliphatic rings. The molecule has 2 fully saturated rings. The van der Waals surface area contributed by atoms with Gasteiger partial charge in [0.2, 0.25) is 10.0 Å². The van der Waals surface area contributed by atoms with Gasteiger partial charge in [-0.05, 0) is 18.9 Å². The zero-order valence-corrected chi connectivity index (χ0v) is 14.3. The molecule has 7 heteroatoms. The summed E-state index contributed by atoms with van der Waals surface area (Å²) >= 11 is 0. The summed E-state index contributed by atoms with van der Waals surface area (Å²) in [6.45, 7) is 8.74. The van der Waals surface area contributed by atoms with E-state index < -0.39 is 10.0 Å². The highest BCUT2D eigenvalue weighted by Gasteiger charge is 2.41. The van der Waals surface area contributed by atoms with Crippen LogP contribution in [0.25, 0.3) is 0 Å². The molecule has 0 spiro atoms. The van der Waals surface area contributed by atoms with Crippen LogP contribution in [0.15, 0.2) is 12.3 Å². The Hall–Kier alpha value is -1.21. The van der Waals surface area contributed by atoms with Crippen LogP contribution in [0, 0.1) is 0 Å². The van der Waals surface area contributed by atoms with Gasteiger partial charge >= 0.3 is 0 Å². The predicted octanol–water partition coefficient (Wildman–Crippen LogP) is 1.39. The lowest BCUT2D eigenvalue weighted by molar-refractivity contribution is 0.382. The first-order valence-electron chi connectivity index (χ1n) is 7.86. The fourth-order valence-electron chi connectivity index (χ4n) is 2.64. The standard InChI is InChI=1S/C15H24N4O2S/c1-15(2,3)14-16-7-6-13(17-14)18-8-10-19(11-9-18)22(20,21)12-4-5-12/h6-7,12H,4-5,8-11H2,1-3H3. The van der Waals surface area contributed by atoms with Gasteiger partial charge in [0.15, 0.2) is 0 Å². The van der Waals surface area contributed by atoms with Crippen molar-refractivity contribution >= 4 is 15.8 Å². The van der Waals surface area contributed by atoms with Gasteiger partial charge in [0.25, 0.3) is 0 Å². The van der Waals surface area contributed by atoms with E-state index in [1.165, 1.54) is 0 Å². The van der Waals surface area contributed by atoms with Crippen molar-refractivity contribution in [3.05, 3.63) is 18.1 Å². The summed E-state index contributed by atoms with van der Waals surface area (Å²) in [5, 5.41) is -0.120. The van der Waals surface area contributed by atoms with Gasteiger partial charge in [-0.3, -0.25) is 0 Å². The van der Waals surface area contributed by atoms with Crippen molar-refractivity contribution in [1.29, 1.82) is 0 Å². The zero-order valence-electron chi connectivity index (χ0n) is 13.5. The van der Waals surface area contributed by atoms with Crippen LogP contribution in [0.4, 0.5) is 5.82 Å². The van der Waals surface area contributed by atoms with Crippen LogP contribution >= 0.6 is 0 Å². The molecule has 1 aromatic rings. The normalized spacial score (nSPS) is 21.1. The van der Waals surface area contributed by atoms with E-state index in [-0.39, 0.29) is 10.7 Å². The molecule has 6 nitrogen and oxygen atoms in total. The Morgan fingerprint density at radius 1 is 1.14 bits per heavy atom. The Morgan fingerprint density at radius 2 is 1.77 bits per heavy atom. The third kappa shape index (κ3) is 3.10. The molecule has 1 aromatic heterocycles. The number of hydrogen-bond donors (Lipinski definition) is 0. The molecule has 22 heavy (non-hydrogen) atoms. The molecule has 1 saturated carbocycles. The molecular formula is C15H24N4O2S. The van der Waals surface area contributed by atoms with Gasteiger partial charge < -0.3 is 4.90 Å². The van der Waals surface area contributed by atoms with Crippen LogP contribution in [0.5, 0.6) is 0 Å². The van der Waals surface area contributed by atoms with E-state index in [1.807, 2.05) is 6.07 Å². The van der Waals surface area contributed by atoms with Crippen molar-refractivity contribution in [2.75, 3.05) is 31.1 Å². The number of rotatable bonds is 3. The van der Waals surface area contributed by atoms with Crippen molar-refractivity contribution in [2.45, 2.75) is 44.3 Å². The lowest BCUT2D eigenvalue weighted by atomic mass is 9.96. The maximum Gasteiger partial charge on any atom is 0.217 e. The summed E-state index contributed by atoms with van der Waals surface area (Å²) in [6.07, 6.45) is 3.43. The summed E-state index contributed by atoms with van der Waals surface area (Å²) in [5.74, 6) is 1.71. The molecule has 0 aromatic carbocycles. The van der Waals surface area contributed by atoms with E-state index in [4.69, 9.17) is 0 Å². The van der Waals surface area contributed by atoms with Gasteiger partial charge in [0, 0.05) is 37.8 Å². The summed E-state index contributed by atoms with van der Waals surface area (Å²) in [6, 6.07) is 1.90. The SMILES string of the molecule is CC(C)(C)c1nccc(N2CCN(S(=O)(=O)C3CC3)CC2)n1. The lowest BCUT2D eigenvalue weighted by Gasteiger charge is -2.35. The molecule has 1 aliphatic carbocycles. The fourth-order valence-corrected chi connectivity index (χ4v) is 4.46. The van der Waals surface area contributed by atoms with Gasteiger partial charge in [-0.15, -0.1) is 0 Å². The van der Waals surface area contributed by atoms with Gasteiger partial charge in [-0.2, -0.15) is 4.31 Å². The smallest absolute Gasteiger partial charge is 0.217 e. The topological polar surface area (TPSA) is 66.4 Å².